The second kappa shape index (κ2) is 5.12. The van der Waals surface area contributed by atoms with Crippen molar-refractivity contribution < 1.29 is 0 Å². The Bertz CT molecular complexity index is 462. The molecular weight excluding hydrogens is 216 g/mol. The average Bonchev–Trinajstić information content (AvgIpc) is 2.73. The number of nitrogens with zero attached hydrogens (tertiary/aromatic N) is 1. The van der Waals surface area contributed by atoms with Gasteiger partial charge >= 0.3 is 0 Å². The molecule has 0 aliphatic heterocycles. The molecule has 0 aliphatic carbocycles. The van der Waals surface area contributed by atoms with E-state index in [2.05, 4.69) is 46.9 Å². The SMILES string of the molecule is CCc1cccc(NCc2csc(C)n2)c1. The predicted octanol–water partition coefficient (Wildman–Crippen LogP) is 3.63. The van der Waals surface area contributed by atoms with Gasteiger partial charge < -0.3 is 5.32 Å². The lowest BCUT2D eigenvalue weighted by Gasteiger charge is -2.05. The zero-order valence-corrected chi connectivity index (χ0v) is 10.5. The second-order valence-corrected chi connectivity index (χ2v) is 4.83. The van der Waals surface area contributed by atoms with Gasteiger partial charge in [-0.1, -0.05) is 19.1 Å². The first-order valence-electron chi connectivity index (χ1n) is 5.51. The van der Waals surface area contributed by atoms with E-state index in [-0.39, 0.29) is 0 Å². The van der Waals surface area contributed by atoms with Crippen molar-refractivity contribution in [2.75, 3.05) is 5.32 Å². The molecule has 0 radical (unpaired) electrons. The van der Waals surface area contributed by atoms with Crippen molar-refractivity contribution in [3.8, 4) is 0 Å². The molecule has 0 atom stereocenters. The summed E-state index contributed by atoms with van der Waals surface area (Å²) < 4.78 is 0. The molecule has 1 aromatic carbocycles. The lowest BCUT2D eigenvalue weighted by atomic mass is 10.1. The van der Waals surface area contributed by atoms with Crippen LogP contribution < -0.4 is 5.32 Å². The zero-order valence-electron chi connectivity index (χ0n) is 9.66. The molecule has 0 unspecified atom stereocenters. The third kappa shape index (κ3) is 2.83. The Labute approximate surface area is 100 Å². The Morgan fingerprint density at radius 3 is 2.94 bits per heavy atom. The number of anilines is 1. The summed E-state index contributed by atoms with van der Waals surface area (Å²) in [5, 5.41) is 6.62. The highest BCUT2D eigenvalue weighted by molar-refractivity contribution is 7.09. The highest BCUT2D eigenvalue weighted by Crippen LogP contribution is 2.13. The predicted molar refractivity (Wildman–Crippen MR) is 70.0 cm³/mol. The third-order valence-electron chi connectivity index (χ3n) is 2.48. The van der Waals surface area contributed by atoms with E-state index in [9.17, 15) is 0 Å². The standard InChI is InChI=1S/C13H16N2S/c1-3-11-5-4-6-12(7-11)14-8-13-9-16-10(2)15-13/h4-7,9,14H,3,8H2,1-2H3. The molecule has 0 spiro atoms. The molecule has 0 fully saturated rings. The fourth-order valence-electron chi connectivity index (χ4n) is 1.58. The monoisotopic (exact) mass is 232 g/mol. The molecular formula is C13H16N2S. The van der Waals surface area contributed by atoms with Crippen molar-refractivity contribution in [1.29, 1.82) is 0 Å². The third-order valence-corrected chi connectivity index (χ3v) is 3.30. The van der Waals surface area contributed by atoms with Gasteiger partial charge in [-0.2, -0.15) is 0 Å². The minimum atomic E-state index is 0.803. The van der Waals surface area contributed by atoms with Gasteiger partial charge in [-0.05, 0) is 31.0 Å². The van der Waals surface area contributed by atoms with Gasteiger partial charge in [-0.25, -0.2) is 4.98 Å². The molecule has 0 saturated heterocycles. The van der Waals surface area contributed by atoms with Crippen LogP contribution in [0.25, 0.3) is 0 Å². The van der Waals surface area contributed by atoms with Crippen molar-refractivity contribution in [3.63, 3.8) is 0 Å². The topological polar surface area (TPSA) is 24.9 Å². The number of aryl methyl sites for hydroxylation is 2. The van der Waals surface area contributed by atoms with Gasteiger partial charge in [-0.3, -0.25) is 0 Å². The molecule has 2 rings (SSSR count). The second-order valence-electron chi connectivity index (χ2n) is 3.77. The maximum atomic E-state index is 4.42. The Morgan fingerprint density at radius 2 is 2.25 bits per heavy atom. The van der Waals surface area contributed by atoms with E-state index in [1.165, 1.54) is 11.3 Å². The van der Waals surface area contributed by atoms with Crippen LogP contribution in [0.4, 0.5) is 5.69 Å². The van der Waals surface area contributed by atoms with Crippen LogP contribution in [0.5, 0.6) is 0 Å². The van der Waals surface area contributed by atoms with Gasteiger partial charge in [0.05, 0.1) is 17.2 Å². The molecule has 2 nitrogen and oxygen atoms in total. The number of hydrogen-bond donors (Lipinski definition) is 1. The van der Waals surface area contributed by atoms with Crippen LogP contribution in [-0.2, 0) is 13.0 Å². The van der Waals surface area contributed by atoms with Crippen LogP contribution in [0.1, 0.15) is 23.2 Å². The molecule has 1 N–H and O–H groups in total. The fraction of sp³-hybridized carbons (Fsp3) is 0.308. The lowest BCUT2D eigenvalue weighted by molar-refractivity contribution is 1.05. The Balaban J connectivity index is 1.99. The number of rotatable bonds is 4. The van der Waals surface area contributed by atoms with Crippen LogP contribution in [-0.4, -0.2) is 4.98 Å². The highest BCUT2D eigenvalue weighted by atomic mass is 32.1. The summed E-state index contributed by atoms with van der Waals surface area (Å²) in [6.07, 6.45) is 1.07. The van der Waals surface area contributed by atoms with E-state index >= 15 is 0 Å². The highest BCUT2D eigenvalue weighted by Gasteiger charge is 1.98. The zero-order chi connectivity index (χ0) is 11.4. The van der Waals surface area contributed by atoms with E-state index in [1.54, 1.807) is 11.3 Å². The van der Waals surface area contributed by atoms with E-state index in [0.717, 1.165) is 23.7 Å². The first kappa shape index (κ1) is 11.1. The molecule has 1 aromatic heterocycles. The van der Waals surface area contributed by atoms with Gasteiger partial charge in [0.1, 0.15) is 0 Å². The molecule has 2 aromatic rings. The van der Waals surface area contributed by atoms with Crippen molar-refractivity contribution in [3.05, 3.63) is 45.9 Å². The van der Waals surface area contributed by atoms with E-state index in [4.69, 9.17) is 0 Å². The number of aromatic nitrogens is 1. The van der Waals surface area contributed by atoms with Gasteiger partial charge in [0.2, 0.25) is 0 Å². The number of thiazole rings is 1. The molecule has 16 heavy (non-hydrogen) atoms. The van der Waals surface area contributed by atoms with Crippen molar-refractivity contribution in [2.45, 2.75) is 26.8 Å². The normalized spacial score (nSPS) is 10.4. The van der Waals surface area contributed by atoms with Gasteiger partial charge in [-0.15, -0.1) is 11.3 Å². The minimum Gasteiger partial charge on any atom is -0.379 e. The molecule has 1 heterocycles. The van der Waals surface area contributed by atoms with E-state index < -0.39 is 0 Å². The average molecular weight is 232 g/mol. The van der Waals surface area contributed by atoms with Crippen LogP contribution in [0.15, 0.2) is 29.6 Å². The first-order valence-corrected chi connectivity index (χ1v) is 6.39. The van der Waals surface area contributed by atoms with Gasteiger partial charge in [0.15, 0.2) is 0 Å². The first-order chi connectivity index (χ1) is 7.78. The Kier molecular flexibility index (Phi) is 3.57. The smallest absolute Gasteiger partial charge is 0.0898 e. The quantitative estimate of drug-likeness (QED) is 0.870. The molecule has 84 valence electrons. The Hall–Kier alpha value is -1.35. The summed E-state index contributed by atoms with van der Waals surface area (Å²) in [5.41, 5.74) is 3.65. The minimum absolute atomic E-state index is 0.803. The van der Waals surface area contributed by atoms with Crippen molar-refractivity contribution in [1.82, 2.24) is 4.98 Å². The van der Waals surface area contributed by atoms with E-state index in [0.29, 0.717) is 0 Å². The summed E-state index contributed by atoms with van der Waals surface area (Å²) >= 11 is 1.70. The summed E-state index contributed by atoms with van der Waals surface area (Å²) in [7, 11) is 0. The van der Waals surface area contributed by atoms with E-state index in [1.807, 2.05) is 6.92 Å². The molecule has 0 bridgehead atoms. The maximum Gasteiger partial charge on any atom is 0.0898 e. The summed E-state index contributed by atoms with van der Waals surface area (Å²) in [5.74, 6) is 0. The molecule has 0 aliphatic rings. The van der Waals surface area contributed by atoms with Crippen LogP contribution in [0.2, 0.25) is 0 Å². The summed E-state index contributed by atoms with van der Waals surface area (Å²) in [6.45, 7) is 5.01. The van der Waals surface area contributed by atoms with Crippen LogP contribution in [0, 0.1) is 6.92 Å². The van der Waals surface area contributed by atoms with Crippen molar-refractivity contribution in [2.24, 2.45) is 0 Å². The molecule has 0 saturated carbocycles. The fourth-order valence-corrected chi connectivity index (χ4v) is 2.20. The summed E-state index contributed by atoms with van der Waals surface area (Å²) in [6, 6.07) is 8.53. The van der Waals surface area contributed by atoms with Gasteiger partial charge in [0.25, 0.3) is 0 Å². The number of hydrogen-bond acceptors (Lipinski definition) is 3. The van der Waals surface area contributed by atoms with Crippen molar-refractivity contribution >= 4 is 17.0 Å². The van der Waals surface area contributed by atoms with Gasteiger partial charge in [0, 0.05) is 11.1 Å². The summed E-state index contributed by atoms with van der Waals surface area (Å²) in [4.78, 5) is 4.42. The number of benzene rings is 1. The van der Waals surface area contributed by atoms with Crippen LogP contribution >= 0.6 is 11.3 Å². The number of nitrogens with one attached hydrogen (secondary N) is 1. The lowest BCUT2D eigenvalue weighted by Crippen LogP contribution is -2.00. The Morgan fingerprint density at radius 1 is 1.38 bits per heavy atom. The van der Waals surface area contributed by atoms with Crippen LogP contribution in [0.3, 0.4) is 0 Å². The largest absolute Gasteiger partial charge is 0.379 e. The maximum absolute atomic E-state index is 4.42. The molecule has 3 heteroatoms. The molecule has 0 amide bonds.